The number of hydrogen-bond acceptors (Lipinski definition) is 6. The van der Waals surface area contributed by atoms with E-state index in [2.05, 4.69) is 22.4 Å². The van der Waals surface area contributed by atoms with Crippen LogP contribution in [0.5, 0.6) is 5.88 Å². The van der Waals surface area contributed by atoms with Crippen LogP contribution in [0.25, 0.3) is 0 Å². The van der Waals surface area contributed by atoms with Gasteiger partial charge in [0.25, 0.3) is 0 Å². The van der Waals surface area contributed by atoms with E-state index in [4.69, 9.17) is 9.72 Å². The van der Waals surface area contributed by atoms with Crippen molar-refractivity contribution in [2.45, 2.75) is 57.3 Å². The van der Waals surface area contributed by atoms with Crippen molar-refractivity contribution in [2.75, 3.05) is 32.1 Å². The Morgan fingerprint density at radius 3 is 2.76 bits per heavy atom. The number of methoxy groups -OCH3 is 1. The van der Waals surface area contributed by atoms with E-state index in [9.17, 15) is 14.7 Å². The van der Waals surface area contributed by atoms with Crippen molar-refractivity contribution >= 4 is 17.7 Å². The van der Waals surface area contributed by atoms with Crippen LogP contribution in [0.15, 0.2) is 30.5 Å². The average Bonchev–Trinajstić information content (AvgIpc) is 2.87. The molecule has 2 aromatic rings. The molecular formula is C26H34N4O4. The predicted molar refractivity (Wildman–Crippen MR) is 129 cm³/mol. The molecule has 1 amide bonds. The summed E-state index contributed by atoms with van der Waals surface area (Å²) in [4.78, 5) is 35.2. The predicted octanol–water partition coefficient (Wildman–Crippen LogP) is 3.66. The molecule has 1 atom stereocenters. The first-order valence-corrected chi connectivity index (χ1v) is 12.3. The first-order chi connectivity index (χ1) is 16.5. The first-order valence-electron chi connectivity index (χ1n) is 12.3. The van der Waals surface area contributed by atoms with Crippen LogP contribution in [0.3, 0.4) is 0 Å². The minimum Gasteiger partial charge on any atom is -0.481 e. The fourth-order valence-corrected chi connectivity index (χ4v) is 5.11. The molecule has 0 bridgehead atoms. The van der Waals surface area contributed by atoms with Crippen LogP contribution in [-0.4, -0.2) is 58.6 Å². The molecule has 2 aliphatic heterocycles. The van der Waals surface area contributed by atoms with Crippen molar-refractivity contribution < 1.29 is 19.4 Å². The number of carbonyl (C=O) groups excluding carboxylic acids is 1. The Hall–Kier alpha value is -3.16. The summed E-state index contributed by atoms with van der Waals surface area (Å²) in [5.74, 6) is 0.973. The van der Waals surface area contributed by atoms with Gasteiger partial charge >= 0.3 is 5.97 Å². The van der Waals surface area contributed by atoms with Crippen LogP contribution in [0.4, 0.5) is 5.82 Å². The Morgan fingerprint density at radius 1 is 1.24 bits per heavy atom. The van der Waals surface area contributed by atoms with Crippen LogP contribution in [0, 0.1) is 5.92 Å². The lowest BCUT2D eigenvalue weighted by Crippen LogP contribution is -2.40. The lowest BCUT2D eigenvalue weighted by molar-refractivity contribution is -0.138. The maximum absolute atomic E-state index is 12.8. The fraction of sp³-hybridized carbons (Fsp3) is 0.538. The zero-order valence-electron chi connectivity index (χ0n) is 19.8. The number of rotatable bonds is 9. The second-order valence-electron chi connectivity index (χ2n) is 9.25. The monoisotopic (exact) mass is 466 g/mol. The molecule has 4 rings (SSSR count). The number of piperidine rings is 1. The van der Waals surface area contributed by atoms with Gasteiger partial charge in [0.15, 0.2) is 0 Å². The number of nitrogens with one attached hydrogen (secondary N) is 1. The second-order valence-corrected chi connectivity index (χ2v) is 9.25. The lowest BCUT2D eigenvalue weighted by atomic mass is 9.78. The number of aliphatic carboxylic acids is 1. The van der Waals surface area contributed by atoms with Gasteiger partial charge in [-0.05, 0) is 67.6 Å². The van der Waals surface area contributed by atoms with Crippen molar-refractivity contribution in [3.8, 4) is 5.88 Å². The van der Waals surface area contributed by atoms with Gasteiger partial charge in [0.05, 0.1) is 13.5 Å². The Bertz CT molecular complexity index is 987. The standard InChI is InChI=1S/C26H34N4O4/c1-34-23-10-8-20(17-28-23)22(16-25(32)33)18-11-14-30(15-12-18)24(31)6-2-5-21-9-7-19-4-3-13-27-26(19)29-21/h7-10,17-18,22H,2-6,11-16H2,1H3,(H,27,29)(H,32,33). The van der Waals surface area contributed by atoms with Crippen molar-refractivity contribution in [3.63, 3.8) is 0 Å². The minimum absolute atomic E-state index is 0.0647. The summed E-state index contributed by atoms with van der Waals surface area (Å²) in [7, 11) is 1.56. The summed E-state index contributed by atoms with van der Waals surface area (Å²) in [5.41, 5.74) is 3.23. The Morgan fingerprint density at radius 2 is 2.06 bits per heavy atom. The van der Waals surface area contributed by atoms with E-state index < -0.39 is 5.97 Å². The van der Waals surface area contributed by atoms with E-state index in [1.807, 2.05) is 11.0 Å². The lowest BCUT2D eigenvalue weighted by Gasteiger charge is -2.36. The number of ether oxygens (including phenoxy) is 1. The molecule has 8 heteroatoms. The number of carboxylic acids is 1. The van der Waals surface area contributed by atoms with Gasteiger partial charge < -0.3 is 20.1 Å². The molecule has 182 valence electrons. The topological polar surface area (TPSA) is 105 Å². The maximum atomic E-state index is 12.8. The van der Waals surface area contributed by atoms with Crippen LogP contribution in [0.2, 0.25) is 0 Å². The average molecular weight is 467 g/mol. The van der Waals surface area contributed by atoms with Crippen LogP contribution in [0.1, 0.15) is 61.3 Å². The van der Waals surface area contributed by atoms with Crippen molar-refractivity contribution in [1.82, 2.24) is 14.9 Å². The molecule has 0 radical (unpaired) electrons. The molecule has 4 heterocycles. The third-order valence-electron chi connectivity index (χ3n) is 7.03. The summed E-state index contributed by atoms with van der Waals surface area (Å²) in [5, 5.41) is 12.8. The van der Waals surface area contributed by atoms with Crippen LogP contribution >= 0.6 is 0 Å². The van der Waals surface area contributed by atoms with Crippen LogP contribution < -0.4 is 10.1 Å². The van der Waals surface area contributed by atoms with E-state index in [1.165, 1.54) is 5.56 Å². The Balaban J connectivity index is 1.27. The summed E-state index contributed by atoms with van der Waals surface area (Å²) in [6, 6.07) is 7.91. The molecule has 1 saturated heterocycles. The zero-order chi connectivity index (χ0) is 23.9. The quantitative estimate of drug-likeness (QED) is 0.581. The highest BCUT2D eigenvalue weighted by atomic mass is 16.5. The van der Waals surface area contributed by atoms with Crippen LogP contribution in [-0.2, 0) is 22.4 Å². The minimum atomic E-state index is -0.815. The number of hydrogen-bond donors (Lipinski definition) is 2. The number of pyridine rings is 2. The number of aromatic nitrogens is 2. The Kier molecular flexibility index (Phi) is 7.98. The van der Waals surface area contributed by atoms with Gasteiger partial charge in [0.1, 0.15) is 5.82 Å². The maximum Gasteiger partial charge on any atom is 0.303 e. The molecule has 2 aliphatic rings. The molecule has 0 spiro atoms. The summed E-state index contributed by atoms with van der Waals surface area (Å²) < 4.78 is 5.12. The molecule has 1 fully saturated rings. The van der Waals surface area contributed by atoms with Crippen molar-refractivity contribution in [2.24, 2.45) is 5.92 Å². The molecule has 8 nitrogen and oxygen atoms in total. The third kappa shape index (κ3) is 6.04. The van der Waals surface area contributed by atoms with E-state index in [0.717, 1.165) is 62.1 Å². The summed E-state index contributed by atoms with van der Waals surface area (Å²) in [6.45, 7) is 2.31. The number of anilines is 1. The molecule has 0 aromatic carbocycles. The number of nitrogens with zero attached hydrogens (tertiary/aromatic N) is 3. The SMILES string of the molecule is COc1ccc(C(CC(=O)O)C2CCN(C(=O)CCCc3ccc4c(n3)NCCC4)CC2)cn1. The van der Waals surface area contributed by atoms with Gasteiger partial charge in [-0.3, -0.25) is 9.59 Å². The smallest absolute Gasteiger partial charge is 0.303 e. The fourth-order valence-electron chi connectivity index (χ4n) is 5.11. The van der Waals surface area contributed by atoms with Crippen molar-refractivity contribution in [1.29, 1.82) is 0 Å². The van der Waals surface area contributed by atoms with Gasteiger partial charge in [-0.1, -0.05) is 12.1 Å². The molecule has 1 unspecified atom stereocenters. The number of amides is 1. The first kappa shape index (κ1) is 24.0. The third-order valence-corrected chi connectivity index (χ3v) is 7.03. The Labute approximate surface area is 200 Å². The van der Waals surface area contributed by atoms with E-state index in [1.54, 1.807) is 19.4 Å². The summed E-state index contributed by atoms with van der Waals surface area (Å²) >= 11 is 0. The van der Waals surface area contributed by atoms with E-state index >= 15 is 0 Å². The second kappa shape index (κ2) is 11.3. The highest BCUT2D eigenvalue weighted by molar-refractivity contribution is 5.76. The molecule has 34 heavy (non-hydrogen) atoms. The van der Waals surface area contributed by atoms with Gasteiger partial charge in [0, 0.05) is 44.0 Å². The molecule has 2 aromatic heterocycles. The van der Waals surface area contributed by atoms with E-state index in [-0.39, 0.29) is 24.2 Å². The van der Waals surface area contributed by atoms with Crippen molar-refractivity contribution in [3.05, 3.63) is 47.3 Å². The number of fused-ring (bicyclic) bond motifs is 1. The molecule has 0 saturated carbocycles. The van der Waals surface area contributed by atoms with Gasteiger partial charge in [-0.15, -0.1) is 0 Å². The highest BCUT2D eigenvalue weighted by Gasteiger charge is 2.31. The zero-order valence-corrected chi connectivity index (χ0v) is 19.8. The molecule has 2 N–H and O–H groups in total. The molecule has 0 aliphatic carbocycles. The van der Waals surface area contributed by atoms with Gasteiger partial charge in [0.2, 0.25) is 11.8 Å². The number of likely N-dealkylation sites (tertiary alicyclic amines) is 1. The summed E-state index contributed by atoms with van der Waals surface area (Å²) in [6.07, 6.45) is 7.69. The highest BCUT2D eigenvalue weighted by Crippen LogP contribution is 2.35. The molecular weight excluding hydrogens is 432 g/mol. The largest absolute Gasteiger partial charge is 0.481 e. The van der Waals surface area contributed by atoms with Gasteiger partial charge in [-0.25, -0.2) is 9.97 Å². The number of carboxylic acid groups (broad SMARTS) is 1. The van der Waals surface area contributed by atoms with Gasteiger partial charge in [-0.2, -0.15) is 0 Å². The van der Waals surface area contributed by atoms with E-state index in [0.29, 0.717) is 25.4 Å². The normalized spacial score (nSPS) is 16.9. The number of aryl methyl sites for hydroxylation is 2. The number of carbonyl (C=O) groups is 2.